The third-order valence-electron chi connectivity index (χ3n) is 7.04. The number of hydrogen-bond acceptors (Lipinski definition) is 2. The standard InChI is InChI=1S/C28H35NO/c1-21(20-23-11-15-26(16-12-23)29-18-6-3-7-19-29)10-13-24-14-17-27(30)28(22(24)2)25-8-4-5-9-25/h10-17,25,28H,2-9,18-20H2,1H3/b21-10+,24-13-. The van der Waals surface area contributed by atoms with Crippen molar-refractivity contribution in [2.75, 3.05) is 18.0 Å². The Morgan fingerprint density at radius 2 is 1.73 bits per heavy atom. The first kappa shape index (κ1) is 20.9. The molecule has 1 heterocycles. The molecule has 0 amide bonds. The summed E-state index contributed by atoms with van der Waals surface area (Å²) in [4.78, 5) is 15.0. The fourth-order valence-electron chi connectivity index (χ4n) is 5.29. The fraction of sp³-hybridized carbons (Fsp3) is 0.464. The molecule has 0 bridgehead atoms. The number of piperidine rings is 1. The number of benzene rings is 1. The maximum Gasteiger partial charge on any atom is 0.163 e. The molecule has 0 N–H and O–H groups in total. The number of anilines is 1. The Morgan fingerprint density at radius 1 is 1.03 bits per heavy atom. The van der Waals surface area contributed by atoms with Gasteiger partial charge >= 0.3 is 0 Å². The molecule has 1 saturated carbocycles. The van der Waals surface area contributed by atoms with Crippen molar-refractivity contribution in [2.24, 2.45) is 11.8 Å². The number of carbonyl (C=O) groups excluding carboxylic acids is 1. The molecule has 0 spiro atoms. The first-order valence-corrected chi connectivity index (χ1v) is 11.7. The summed E-state index contributed by atoms with van der Waals surface area (Å²) in [6.07, 6.45) is 17.8. The van der Waals surface area contributed by atoms with Crippen LogP contribution in [0.15, 0.2) is 71.9 Å². The van der Waals surface area contributed by atoms with E-state index < -0.39 is 0 Å². The van der Waals surface area contributed by atoms with Crippen LogP contribution in [0.25, 0.3) is 0 Å². The lowest BCUT2D eigenvalue weighted by molar-refractivity contribution is -0.118. The highest BCUT2D eigenvalue weighted by molar-refractivity contribution is 5.97. The van der Waals surface area contributed by atoms with Crippen molar-refractivity contribution >= 4 is 11.5 Å². The molecule has 2 nitrogen and oxygen atoms in total. The first-order chi connectivity index (χ1) is 14.6. The number of carbonyl (C=O) groups is 1. The van der Waals surface area contributed by atoms with Crippen LogP contribution in [0.5, 0.6) is 0 Å². The van der Waals surface area contributed by atoms with Gasteiger partial charge < -0.3 is 4.90 Å². The predicted octanol–water partition coefficient (Wildman–Crippen LogP) is 6.59. The molecule has 0 radical (unpaired) electrons. The summed E-state index contributed by atoms with van der Waals surface area (Å²) in [6, 6.07) is 9.08. The van der Waals surface area contributed by atoms with Gasteiger partial charge in [-0.2, -0.15) is 0 Å². The maximum atomic E-state index is 12.5. The minimum absolute atomic E-state index is 0.000197. The Morgan fingerprint density at radius 3 is 2.43 bits per heavy atom. The number of nitrogens with zero attached hydrogens (tertiary/aromatic N) is 1. The molecule has 2 aliphatic carbocycles. The van der Waals surface area contributed by atoms with E-state index in [0.29, 0.717) is 5.92 Å². The Kier molecular flexibility index (Phi) is 6.72. The number of rotatable bonds is 5. The van der Waals surface area contributed by atoms with Gasteiger partial charge in [0.15, 0.2) is 5.78 Å². The topological polar surface area (TPSA) is 20.3 Å². The van der Waals surface area contributed by atoms with E-state index in [1.807, 2.05) is 6.08 Å². The van der Waals surface area contributed by atoms with E-state index >= 15 is 0 Å². The van der Waals surface area contributed by atoms with Gasteiger partial charge in [-0.1, -0.05) is 55.4 Å². The van der Waals surface area contributed by atoms with Crippen molar-refractivity contribution in [2.45, 2.75) is 58.3 Å². The van der Waals surface area contributed by atoms with Crippen LogP contribution in [0, 0.1) is 11.8 Å². The molecule has 2 heteroatoms. The fourth-order valence-corrected chi connectivity index (χ4v) is 5.29. The van der Waals surface area contributed by atoms with Crippen LogP contribution in [0.4, 0.5) is 5.69 Å². The molecule has 4 rings (SSSR count). The van der Waals surface area contributed by atoms with Crippen LogP contribution in [0.1, 0.15) is 57.4 Å². The summed E-state index contributed by atoms with van der Waals surface area (Å²) in [5, 5.41) is 0. The molecule has 1 unspecified atom stereocenters. The monoisotopic (exact) mass is 401 g/mol. The van der Waals surface area contributed by atoms with Crippen LogP contribution < -0.4 is 4.90 Å². The van der Waals surface area contributed by atoms with E-state index in [2.05, 4.69) is 54.8 Å². The quantitative estimate of drug-likeness (QED) is 0.554. The molecule has 2 fully saturated rings. The lowest BCUT2D eigenvalue weighted by atomic mass is 9.76. The van der Waals surface area contributed by atoms with E-state index in [0.717, 1.165) is 17.6 Å². The molecule has 30 heavy (non-hydrogen) atoms. The van der Waals surface area contributed by atoms with Crippen LogP contribution in [-0.2, 0) is 11.2 Å². The molecule has 1 aromatic carbocycles. The van der Waals surface area contributed by atoms with E-state index in [4.69, 9.17) is 0 Å². The zero-order chi connectivity index (χ0) is 20.9. The lowest BCUT2D eigenvalue weighted by Crippen LogP contribution is -2.29. The summed E-state index contributed by atoms with van der Waals surface area (Å²) in [5.41, 5.74) is 6.16. The Labute approximate surface area is 182 Å². The van der Waals surface area contributed by atoms with Crippen LogP contribution in [-0.4, -0.2) is 18.9 Å². The average molecular weight is 402 g/mol. The SMILES string of the molecule is C=C1/C(=C\C=C(/C)Cc2ccc(N3CCCCC3)cc2)C=CC(=O)C1C1CCCC1. The maximum absolute atomic E-state index is 12.5. The molecule has 158 valence electrons. The smallest absolute Gasteiger partial charge is 0.163 e. The Hall–Kier alpha value is -2.35. The molecule has 1 atom stereocenters. The summed E-state index contributed by atoms with van der Waals surface area (Å²) in [6.45, 7) is 8.88. The van der Waals surface area contributed by atoms with Gasteiger partial charge in [-0.05, 0) is 86.3 Å². The van der Waals surface area contributed by atoms with Crippen LogP contribution in [0.3, 0.4) is 0 Å². The predicted molar refractivity (Wildman–Crippen MR) is 127 cm³/mol. The Bertz CT molecular complexity index is 858. The van der Waals surface area contributed by atoms with Gasteiger partial charge in [0.1, 0.15) is 0 Å². The van der Waals surface area contributed by atoms with Crippen LogP contribution >= 0.6 is 0 Å². The summed E-state index contributed by atoms with van der Waals surface area (Å²) >= 11 is 0. The summed E-state index contributed by atoms with van der Waals surface area (Å²) < 4.78 is 0. The van der Waals surface area contributed by atoms with Crippen molar-refractivity contribution in [1.82, 2.24) is 0 Å². The number of allylic oxidation sites excluding steroid dienone is 7. The first-order valence-electron chi connectivity index (χ1n) is 11.7. The molecule has 3 aliphatic rings. The van der Waals surface area contributed by atoms with Crippen molar-refractivity contribution in [3.05, 3.63) is 77.4 Å². The van der Waals surface area contributed by atoms with Gasteiger partial charge in [0.25, 0.3) is 0 Å². The van der Waals surface area contributed by atoms with Crippen molar-refractivity contribution < 1.29 is 4.79 Å². The minimum atomic E-state index is -0.000197. The highest BCUT2D eigenvalue weighted by Gasteiger charge is 2.34. The van der Waals surface area contributed by atoms with Gasteiger partial charge in [0.2, 0.25) is 0 Å². The second kappa shape index (κ2) is 9.64. The van der Waals surface area contributed by atoms with Crippen molar-refractivity contribution in [3.63, 3.8) is 0 Å². The van der Waals surface area contributed by atoms with Gasteiger partial charge in [-0.3, -0.25) is 4.79 Å². The Balaban J connectivity index is 1.40. The van der Waals surface area contributed by atoms with Gasteiger partial charge in [-0.25, -0.2) is 0 Å². The molecule has 1 aromatic rings. The number of hydrogen-bond donors (Lipinski definition) is 0. The third kappa shape index (κ3) is 4.86. The summed E-state index contributed by atoms with van der Waals surface area (Å²) in [7, 11) is 0. The van der Waals surface area contributed by atoms with Crippen molar-refractivity contribution in [1.29, 1.82) is 0 Å². The largest absolute Gasteiger partial charge is 0.372 e. The second-order valence-corrected chi connectivity index (χ2v) is 9.31. The van der Waals surface area contributed by atoms with Crippen molar-refractivity contribution in [3.8, 4) is 0 Å². The molecular formula is C28H35NO. The zero-order valence-electron chi connectivity index (χ0n) is 18.4. The molecule has 1 aliphatic heterocycles. The second-order valence-electron chi connectivity index (χ2n) is 9.31. The van der Waals surface area contributed by atoms with Gasteiger partial charge in [0.05, 0.1) is 0 Å². The highest BCUT2D eigenvalue weighted by Crippen LogP contribution is 2.39. The minimum Gasteiger partial charge on any atom is -0.372 e. The summed E-state index contributed by atoms with van der Waals surface area (Å²) in [5.74, 6) is 0.736. The highest BCUT2D eigenvalue weighted by atomic mass is 16.1. The van der Waals surface area contributed by atoms with E-state index in [1.54, 1.807) is 6.08 Å². The average Bonchev–Trinajstić information content (AvgIpc) is 3.29. The zero-order valence-corrected chi connectivity index (χ0v) is 18.4. The normalized spacial score (nSPS) is 24.8. The molecule has 0 aromatic heterocycles. The third-order valence-corrected chi connectivity index (χ3v) is 7.04. The van der Waals surface area contributed by atoms with Crippen LogP contribution in [0.2, 0.25) is 0 Å². The van der Waals surface area contributed by atoms with E-state index in [9.17, 15) is 4.79 Å². The molecular weight excluding hydrogens is 366 g/mol. The molecule has 1 saturated heterocycles. The van der Waals surface area contributed by atoms with Gasteiger partial charge in [-0.15, -0.1) is 0 Å². The van der Waals surface area contributed by atoms with E-state index in [1.165, 1.54) is 74.9 Å². The lowest BCUT2D eigenvalue weighted by Gasteiger charge is -2.28. The van der Waals surface area contributed by atoms with E-state index in [-0.39, 0.29) is 11.7 Å². The number of ketones is 1. The van der Waals surface area contributed by atoms with Gasteiger partial charge in [0, 0.05) is 24.7 Å².